The molecule has 0 radical (unpaired) electrons. The van der Waals surface area contributed by atoms with Gasteiger partial charge in [0, 0.05) is 10.4 Å². The Hall–Kier alpha value is -1.16. The minimum atomic E-state index is 0.211. The lowest BCUT2D eigenvalue weighted by Crippen LogP contribution is -2.37. The number of rotatable bonds is 2. The first-order chi connectivity index (χ1) is 10.3. The molecule has 0 unspecified atom stereocenters. The average Bonchev–Trinajstić information content (AvgIpc) is 2.87. The Labute approximate surface area is 130 Å². The summed E-state index contributed by atoms with van der Waals surface area (Å²) >= 11 is 1.88. The van der Waals surface area contributed by atoms with Gasteiger partial charge < -0.3 is 5.32 Å². The summed E-state index contributed by atoms with van der Waals surface area (Å²) in [5.41, 5.74) is 1.74. The van der Waals surface area contributed by atoms with Gasteiger partial charge in [0.25, 0.3) is 0 Å². The average molecular weight is 301 g/mol. The van der Waals surface area contributed by atoms with Crippen LogP contribution < -0.4 is 5.32 Å². The second-order valence-electron chi connectivity index (χ2n) is 6.86. The number of fused-ring (bicyclic) bond motifs is 3. The standard InChI is InChI=1S/C17H23N3S/c1-17(9-5-2-6-10-17)20-15-14-12-7-3-4-8-13(12)21-16(14)19-11-18-15/h11H,2-10H2,1H3,(H,18,19,20). The molecule has 1 N–H and O–H groups in total. The quantitative estimate of drug-likeness (QED) is 0.873. The summed E-state index contributed by atoms with van der Waals surface area (Å²) in [7, 11) is 0. The van der Waals surface area contributed by atoms with E-state index in [9.17, 15) is 0 Å². The van der Waals surface area contributed by atoms with Crippen molar-refractivity contribution in [3.05, 3.63) is 16.8 Å². The van der Waals surface area contributed by atoms with E-state index in [0.717, 1.165) is 5.82 Å². The maximum absolute atomic E-state index is 4.61. The summed E-state index contributed by atoms with van der Waals surface area (Å²) in [5, 5.41) is 5.12. The van der Waals surface area contributed by atoms with Crippen molar-refractivity contribution in [1.82, 2.24) is 9.97 Å². The first-order valence-corrected chi connectivity index (χ1v) is 9.10. The highest BCUT2D eigenvalue weighted by atomic mass is 32.1. The van der Waals surface area contributed by atoms with Gasteiger partial charge in [-0.05, 0) is 51.0 Å². The first-order valence-electron chi connectivity index (χ1n) is 8.29. The lowest BCUT2D eigenvalue weighted by atomic mass is 9.83. The van der Waals surface area contributed by atoms with Gasteiger partial charge in [-0.15, -0.1) is 11.3 Å². The van der Waals surface area contributed by atoms with Gasteiger partial charge in [0.1, 0.15) is 17.0 Å². The summed E-state index contributed by atoms with van der Waals surface area (Å²) in [6.07, 6.45) is 13.4. The molecule has 2 heterocycles. The molecule has 3 nitrogen and oxygen atoms in total. The Balaban J connectivity index is 1.76. The SMILES string of the molecule is CC1(Nc2ncnc3sc4c(c23)CCCC4)CCCCC1. The third-order valence-corrected chi connectivity index (χ3v) is 6.33. The van der Waals surface area contributed by atoms with Crippen molar-refractivity contribution >= 4 is 27.4 Å². The molecule has 112 valence electrons. The largest absolute Gasteiger partial charge is 0.364 e. The highest BCUT2D eigenvalue weighted by Gasteiger charge is 2.29. The van der Waals surface area contributed by atoms with Crippen LogP contribution in [0.4, 0.5) is 5.82 Å². The van der Waals surface area contributed by atoms with Crippen LogP contribution in [-0.4, -0.2) is 15.5 Å². The first kappa shape index (κ1) is 13.5. The zero-order chi connectivity index (χ0) is 14.3. The van der Waals surface area contributed by atoms with E-state index in [4.69, 9.17) is 0 Å². The number of hydrogen-bond donors (Lipinski definition) is 1. The summed E-state index contributed by atoms with van der Waals surface area (Å²) < 4.78 is 0. The molecule has 0 bridgehead atoms. The maximum Gasteiger partial charge on any atom is 0.138 e. The summed E-state index contributed by atoms with van der Waals surface area (Å²) in [6.45, 7) is 2.36. The van der Waals surface area contributed by atoms with E-state index in [-0.39, 0.29) is 5.54 Å². The van der Waals surface area contributed by atoms with Crippen molar-refractivity contribution in [3.8, 4) is 0 Å². The van der Waals surface area contributed by atoms with Crippen LogP contribution in [0.5, 0.6) is 0 Å². The molecule has 0 aromatic carbocycles. The highest BCUT2D eigenvalue weighted by molar-refractivity contribution is 7.19. The van der Waals surface area contributed by atoms with Crippen LogP contribution in [0.25, 0.3) is 10.2 Å². The normalized spacial score (nSPS) is 21.2. The summed E-state index contributed by atoms with van der Waals surface area (Å²) in [6, 6.07) is 0. The number of hydrogen-bond acceptors (Lipinski definition) is 4. The number of aromatic nitrogens is 2. The molecular formula is C17H23N3S. The van der Waals surface area contributed by atoms with Crippen LogP contribution in [0.15, 0.2) is 6.33 Å². The van der Waals surface area contributed by atoms with E-state index in [1.54, 1.807) is 11.2 Å². The fourth-order valence-corrected chi connectivity index (χ4v) is 5.16. The molecule has 2 aliphatic carbocycles. The Bertz CT molecular complexity index is 655. The minimum Gasteiger partial charge on any atom is -0.364 e. The maximum atomic E-state index is 4.61. The zero-order valence-electron chi connectivity index (χ0n) is 12.7. The monoisotopic (exact) mass is 301 g/mol. The molecule has 4 heteroatoms. The van der Waals surface area contributed by atoms with E-state index in [0.29, 0.717) is 0 Å². The molecule has 0 atom stereocenters. The number of thiophene rings is 1. The third kappa shape index (κ3) is 2.44. The van der Waals surface area contributed by atoms with Gasteiger partial charge in [0.2, 0.25) is 0 Å². The lowest BCUT2D eigenvalue weighted by Gasteiger charge is -2.35. The summed E-state index contributed by atoms with van der Waals surface area (Å²) in [4.78, 5) is 11.9. The van der Waals surface area contributed by atoms with Crippen molar-refractivity contribution < 1.29 is 0 Å². The van der Waals surface area contributed by atoms with Gasteiger partial charge in [0.05, 0.1) is 5.39 Å². The molecule has 2 aliphatic rings. The molecule has 4 rings (SSSR count). The van der Waals surface area contributed by atoms with Crippen molar-refractivity contribution in [3.63, 3.8) is 0 Å². The number of nitrogens with zero attached hydrogens (tertiary/aromatic N) is 2. The molecule has 2 aromatic rings. The second-order valence-corrected chi connectivity index (χ2v) is 7.94. The molecule has 0 spiro atoms. The molecule has 1 fully saturated rings. The van der Waals surface area contributed by atoms with Crippen molar-refractivity contribution in [2.24, 2.45) is 0 Å². The smallest absolute Gasteiger partial charge is 0.138 e. The van der Waals surface area contributed by atoms with E-state index in [1.807, 2.05) is 11.3 Å². The van der Waals surface area contributed by atoms with Crippen LogP contribution in [0.1, 0.15) is 62.3 Å². The Morgan fingerprint density at radius 1 is 1.05 bits per heavy atom. The van der Waals surface area contributed by atoms with E-state index in [1.165, 1.54) is 73.6 Å². The number of anilines is 1. The predicted octanol–water partition coefficient (Wildman–Crippen LogP) is 4.70. The second kappa shape index (κ2) is 5.24. The van der Waals surface area contributed by atoms with Crippen molar-refractivity contribution in [1.29, 1.82) is 0 Å². The lowest BCUT2D eigenvalue weighted by molar-refractivity contribution is 0.349. The van der Waals surface area contributed by atoms with Gasteiger partial charge in [-0.1, -0.05) is 19.3 Å². The van der Waals surface area contributed by atoms with E-state index >= 15 is 0 Å². The van der Waals surface area contributed by atoms with Crippen LogP contribution >= 0.6 is 11.3 Å². The van der Waals surface area contributed by atoms with Gasteiger partial charge in [0.15, 0.2) is 0 Å². The Kier molecular flexibility index (Phi) is 3.37. The van der Waals surface area contributed by atoms with Crippen LogP contribution in [0.2, 0.25) is 0 Å². The molecule has 0 amide bonds. The third-order valence-electron chi connectivity index (χ3n) is 5.13. The van der Waals surface area contributed by atoms with Gasteiger partial charge >= 0.3 is 0 Å². The fourth-order valence-electron chi connectivity index (χ4n) is 3.93. The Morgan fingerprint density at radius 2 is 1.86 bits per heavy atom. The highest BCUT2D eigenvalue weighted by Crippen LogP contribution is 2.40. The zero-order valence-corrected chi connectivity index (χ0v) is 13.6. The van der Waals surface area contributed by atoms with Crippen molar-refractivity contribution in [2.75, 3.05) is 5.32 Å². The van der Waals surface area contributed by atoms with Gasteiger partial charge in [-0.25, -0.2) is 9.97 Å². The van der Waals surface area contributed by atoms with Crippen molar-refractivity contribution in [2.45, 2.75) is 70.3 Å². The molecule has 0 aliphatic heterocycles. The number of aryl methyl sites for hydroxylation is 2. The Morgan fingerprint density at radius 3 is 2.71 bits per heavy atom. The van der Waals surface area contributed by atoms with Crippen LogP contribution in [0, 0.1) is 0 Å². The van der Waals surface area contributed by atoms with Crippen LogP contribution in [0.3, 0.4) is 0 Å². The molecule has 0 saturated heterocycles. The molecule has 21 heavy (non-hydrogen) atoms. The van der Waals surface area contributed by atoms with E-state index in [2.05, 4.69) is 22.2 Å². The number of nitrogens with one attached hydrogen (secondary N) is 1. The molecule has 2 aromatic heterocycles. The predicted molar refractivity (Wildman–Crippen MR) is 89.2 cm³/mol. The van der Waals surface area contributed by atoms with Gasteiger partial charge in [-0.3, -0.25) is 0 Å². The molecular weight excluding hydrogens is 278 g/mol. The topological polar surface area (TPSA) is 37.8 Å². The van der Waals surface area contributed by atoms with E-state index < -0.39 is 0 Å². The summed E-state index contributed by atoms with van der Waals surface area (Å²) in [5.74, 6) is 1.09. The minimum absolute atomic E-state index is 0.211. The molecule has 1 saturated carbocycles. The van der Waals surface area contributed by atoms with Crippen LogP contribution in [-0.2, 0) is 12.8 Å². The fraction of sp³-hybridized carbons (Fsp3) is 0.647. The van der Waals surface area contributed by atoms with Gasteiger partial charge in [-0.2, -0.15) is 0 Å².